The summed E-state index contributed by atoms with van der Waals surface area (Å²) in [6.07, 6.45) is -0.0145. The Hall–Kier alpha value is -3.41. The van der Waals surface area contributed by atoms with E-state index in [9.17, 15) is 29.4 Å². The van der Waals surface area contributed by atoms with Gasteiger partial charge in [0.25, 0.3) is 0 Å². The van der Waals surface area contributed by atoms with E-state index in [1.807, 2.05) is 30.3 Å². The molecule has 1 aromatic carbocycles. The van der Waals surface area contributed by atoms with Gasteiger partial charge in [0.05, 0.1) is 0 Å². The van der Waals surface area contributed by atoms with Crippen LogP contribution >= 0.6 is 12.2 Å². The van der Waals surface area contributed by atoms with E-state index in [2.05, 4.69) is 10.6 Å². The van der Waals surface area contributed by atoms with Crippen LogP contribution in [-0.2, 0) is 25.7 Å². The highest BCUT2D eigenvalue weighted by Gasteiger charge is 2.27. The lowest BCUT2D eigenvalue weighted by atomic mass is 10.1. The number of hydrogen-bond acceptors (Lipinski definition) is 6. The summed E-state index contributed by atoms with van der Waals surface area (Å²) in [7, 11) is 1.42. The van der Waals surface area contributed by atoms with Gasteiger partial charge in [-0.2, -0.15) is 0 Å². The van der Waals surface area contributed by atoms with Gasteiger partial charge in [-0.05, 0) is 43.5 Å². The van der Waals surface area contributed by atoms with Gasteiger partial charge in [-0.15, -0.1) is 0 Å². The van der Waals surface area contributed by atoms with Crippen molar-refractivity contribution in [3.05, 3.63) is 35.9 Å². The number of carbonyl (C=O) groups excluding carboxylic acids is 1. The fraction of sp³-hybridized carbons (Fsp3) is 0.476. The molecular weight excluding hydrogens is 454 g/mol. The first-order valence-corrected chi connectivity index (χ1v) is 10.7. The molecule has 0 aliphatic carbocycles. The molecule has 1 rings (SSSR count). The Bertz CT molecular complexity index is 821. The number of thiocarbonyl (C=S) groups is 1. The van der Waals surface area contributed by atoms with Gasteiger partial charge in [-0.3, -0.25) is 4.79 Å². The number of ether oxygens (including phenoxy) is 1. The van der Waals surface area contributed by atoms with E-state index in [0.29, 0.717) is 19.4 Å². The fourth-order valence-corrected chi connectivity index (χ4v) is 3.10. The average Bonchev–Trinajstić information content (AvgIpc) is 2.77. The van der Waals surface area contributed by atoms with E-state index in [1.54, 1.807) is 0 Å². The SMILES string of the molecule is CN(C(=S)NC(CCC(=O)O)C(=O)O)C(CCCCNC(=O)OCc1ccccc1)C(=O)O. The summed E-state index contributed by atoms with van der Waals surface area (Å²) < 4.78 is 5.09. The minimum Gasteiger partial charge on any atom is -0.481 e. The van der Waals surface area contributed by atoms with Crippen LogP contribution in [0.25, 0.3) is 0 Å². The Kier molecular flexibility index (Phi) is 12.2. The summed E-state index contributed by atoms with van der Waals surface area (Å²) in [5.74, 6) is -3.58. The van der Waals surface area contributed by atoms with Gasteiger partial charge in [0.15, 0.2) is 5.11 Å². The molecule has 0 fully saturated rings. The van der Waals surface area contributed by atoms with E-state index in [1.165, 1.54) is 11.9 Å². The summed E-state index contributed by atoms with van der Waals surface area (Å²) in [5.41, 5.74) is 0.859. The zero-order valence-corrected chi connectivity index (χ0v) is 19.0. The minimum atomic E-state index is -1.29. The normalized spacial score (nSPS) is 12.2. The van der Waals surface area contributed by atoms with Crippen molar-refractivity contribution < 1.29 is 39.2 Å². The summed E-state index contributed by atoms with van der Waals surface area (Å²) in [6, 6.07) is 6.93. The Balaban J connectivity index is 2.41. The predicted octanol–water partition coefficient (Wildman–Crippen LogP) is 1.66. The summed E-state index contributed by atoms with van der Waals surface area (Å²) in [4.78, 5) is 46.6. The lowest BCUT2D eigenvalue weighted by molar-refractivity contribution is -0.142. The number of carboxylic acids is 3. The third kappa shape index (κ3) is 11.1. The van der Waals surface area contributed by atoms with Gasteiger partial charge in [0, 0.05) is 20.0 Å². The first kappa shape index (κ1) is 27.6. The van der Waals surface area contributed by atoms with Crippen molar-refractivity contribution in [2.75, 3.05) is 13.6 Å². The number of hydrogen-bond donors (Lipinski definition) is 5. The molecule has 2 atom stereocenters. The molecule has 0 aliphatic heterocycles. The number of rotatable bonds is 14. The van der Waals surface area contributed by atoms with Gasteiger partial charge >= 0.3 is 24.0 Å². The molecule has 0 bridgehead atoms. The second-order valence-electron chi connectivity index (χ2n) is 7.22. The smallest absolute Gasteiger partial charge is 0.407 e. The largest absolute Gasteiger partial charge is 0.481 e. The van der Waals surface area contributed by atoms with Crippen LogP contribution in [0.5, 0.6) is 0 Å². The van der Waals surface area contributed by atoms with Gasteiger partial charge < -0.3 is 35.6 Å². The maximum absolute atomic E-state index is 11.7. The van der Waals surface area contributed by atoms with E-state index >= 15 is 0 Å². The second-order valence-corrected chi connectivity index (χ2v) is 7.61. The van der Waals surface area contributed by atoms with E-state index in [4.69, 9.17) is 22.1 Å². The number of nitrogens with zero attached hydrogens (tertiary/aromatic N) is 1. The standard InChI is InChI=1S/C21H29N3O8S/c1-24(20(33)23-15(18(27)28)10-11-17(25)26)16(19(29)30)9-5-6-12-22-21(31)32-13-14-7-3-2-4-8-14/h2-4,7-8,15-16H,5-6,9-13H2,1H3,(H,22,31)(H,23,33)(H,25,26)(H,27,28)(H,29,30). The molecule has 0 saturated carbocycles. The maximum atomic E-state index is 11.7. The fourth-order valence-electron chi connectivity index (χ4n) is 2.83. The van der Waals surface area contributed by atoms with Gasteiger partial charge in [-0.25, -0.2) is 14.4 Å². The molecule has 2 unspecified atom stereocenters. The molecular formula is C21H29N3O8S. The molecule has 0 radical (unpaired) electrons. The van der Waals surface area contributed by atoms with Crippen LogP contribution in [0.15, 0.2) is 30.3 Å². The van der Waals surface area contributed by atoms with Crippen LogP contribution in [0.1, 0.15) is 37.7 Å². The van der Waals surface area contributed by atoms with Gasteiger partial charge in [0.2, 0.25) is 0 Å². The van der Waals surface area contributed by atoms with Crippen molar-refractivity contribution in [1.82, 2.24) is 15.5 Å². The summed E-state index contributed by atoms with van der Waals surface area (Å²) in [6.45, 7) is 0.440. The number of nitrogens with one attached hydrogen (secondary N) is 2. The third-order valence-electron chi connectivity index (χ3n) is 4.70. The van der Waals surface area contributed by atoms with Crippen LogP contribution in [0.3, 0.4) is 0 Å². The number of benzene rings is 1. The molecule has 1 aromatic rings. The molecule has 11 nitrogen and oxygen atoms in total. The van der Waals surface area contributed by atoms with Crippen molar-refractivity contribution in [3.63, 3.8) is 0 Å². The molecule has 33 heavy (non-hydrogen) atoms. The second kappa shape index (κ2) is 14.6. The highest BCUT2D eigenvalue weighted by molar-refractivity contribution is 7.80. The van der Waals surface area contributed by atoms with E-state index in [0.717, 1.165) is 5.56 Å². The summed E-state index contributed by atoms with van der Waals surface area (Å²) >= 11 is 5.12. The molecule has 12 heteroatoms. The van der Waals surface area contributed by atoms with Crippen molar-refractivity contribution in [2.24, 2.45) is 0 Å². The van der Waals surface area contributed by atoms with E-state index < -0.39 is 36.1 Å². The zero-order valence-electron chi connectivity index (χ0n) is 18.2. The number of amides is 1. The maximum Gasteiger partial charge on any atom is 0.407 e. The Morgan fingerprint density at radius 1 is 1.03 bits per heavy atom. The van der Waals surface area contributed by atoms with Crippen LogP contribution in [-0.4, -0.2) is 75.0 Å². The minimum absolute atomic E-state index is 0.109. The molecule has 182 valence electrons. The molecule has 0 heterocycles. The molecule has 0 spiro atoms. The van der Waals surface area contributed by atoms with E-state index in [-0.39, 0.29) is 31.0 Å². The van der Waals surface area contributed by atoms with Crippen molar-refractivity contribution in [1.29, 1.82) is 0 Å². The van der Waals surface area contributed by atoms with Crippen LogP contribution in [0, 0.1) is 0 Å². The summed E-state index contributed by atoms with van der Waals surface area (Å²) in [5, 5.41) is 32.5. The van der Waals surface area contributed by atoms with Crippen LogP contribution in [0.2, 0.25) is 0 Å². The molecule has 0 aromatic heterocycles. The number of aliphatic carboxylic acids is 3. The van der Waals surface area contributed by atoms with Crippen LogP contribution in [0.4, 0.5) is 4.79 Å². The Morgan fingerprint density at radius 3 is 2.27 bits per heavy atom. The Labute approximate surface area is 196 Å². The van der Waals surface area contributed by atoms with Crippen LogP contribution < -0.4 is 10.6 Å². The molecule has 0 aliphatic rings. The van der Waals surface area contributed by atoms with Gasteiger partial charge in [0.1, 0.15) is 18.7 Å². The zero-order chi connectivity index (χ0) is 24.8. The monoisotopic (exact) mass is 483 g/mol. The average molecular weight is 484 g/mol. The Morgan fingerprint density at radius 2 is 1.70 bits per heavy atom. The highest BCUT2D eigenvalue weighted by Crippen LogP contribution is 2.10. The predicted molar refractivity (Wildman–Crippen MR) is 122 cm³/mol. The highest BCUT2D eigenvalue weighted by atomic mass is 32.1. The van der Waals surface area contributed by atoms with Gasteiger partial charge in [-0.1, -0.05) is 30.3 Å². The third-order valence-corrected chi connectivity index (χ3v) is 5.11. The van der Waals surface area contributed by atoms with Crippen molar-refractivity contribution >= 4 is 41.3 Å². The lowest BCUT2D eigenvalue weighted by Crippen LogP contribution is -2.51. The first-order chi connectivity index (χ1) is 15.6. The first-order valence-electron chi connectivity index (χ1n) is 10.3. The molecule has 5 N–H and O–H groups in total. The molecule has 1 amide bonds. The topological polar surface area (TPSA) is 166 Å². The number of likely N-dealkylation sites (N-methyl/N-ethyl adjacent to an activating group) is 1. The number of carboxylic acid groups (broad SMARTS) is 3. The lowest BCUT2D eigenvalue weighted by Gasteiger charge is -2.29. The molecule has 0 saturated heterocycles. The van der Waals surface area contributed by atoms with Crippen molar-refractivity contribution in [2.45, 2.75) is 50.8 Å². The number of alkyl carbamates (subject to hydrolysis) is 1. The number of unbranched alkanes of at least 4 members (excludes halogenated alkanes) is 1. The quantitative estimate of drug-likeness (QED) is 0.193. The van der Waals surface area contributed by atoms with Crippen molar-refractivity contribution in [3.8, 4) is 0 Å². The number of carbonyl (C=O) groups is 4.